The van der Waals surface area contributed by atoms with Crippen molar-refractivity contribution in [3.63, 3.8) is 0 Å². The van der Waals surface area contributed by atoms with Gasteiger partial charge in [-0.15, -0.1) is 0 Å². The van der Waals surface area contributed by atoms with Crippen LogP contribution in [0.2, 0.25) is 0 Å². The third-order valence-electron chi connectivity index (χ3n) is 5.41. The number of hydrogen-bond donors (Lipinski definition) is 3. The molecule has 0 saturated heterocycles. The maximum atomic E-state index is 14.9. The minimum atomic E-state index is -0.660. The predicted molar refractivity (Wildman–Crippen MR) is 130 cm³/mol. The van der Waals surface area contributed by atoms with Gasteiger partial charge in [0.2, 0.25) is 0 Å². The molecule has 0 bridgehead atoms. The Morgan fingerprint density at radius 2 is 2.06 bits per heavy atom. The Bertz CT molecular complexity index is 1520. The van der Waals surface area contributed by atoms with Gasteiger partial charge in [-0.05, 0) is 36.8 Å². The van der Waals surface area contributed by atoms with E-state index in [1.165, 1.54) is 24.4 Å². The van der Waals surface area contributed by atoms with Crippen LogP contribution in [0.1, 0.15) is 35.0 Å². The molecule has 0 radical (unpaired) electrons. The standard InChI is InChI=1S/C26H22FN5O3/c1-2-9-31-25(33)22-23(29)19-5-3-4-18(24(19)32-26(22)34)20-12-17(6-7-21(20)27)35-14-16-11-15(13-28)8-10-30-16/h3-8,10-12H,2,9,14H2,1H3,(H,31,33)(H3,29,32,34). The number of carbonyl (C=O) groups is 1. The maximum absolute atomic E-state index is 14.9. The third-order valence-corrected chi connectivity index (χ3v) is 5.41. The lowest BCUT2D eigenvalue weighted by Gasteiger charge is -2.13. The SMILES string of the molecule is CCCNC(=O)c1c(N)c2cccc(-c3cc(OCc4cc(C#N)ccn4)ccc3F)c2[nH]c1=O. The zero-order valence-electron chi connectivity index (χ0n) is 18.9. The molecular formula is C26H22FN5O3. The fourth-order valence-electron chi connectivity index (χ4n) is 3.71. The average molecular weight is 471 g/mol. The molecule has 9 heteroatoms. The van der Waals surface area contributed by atoms with Crippen LogP contribution in [0.4, 0.5) is 10.1 Å². The molecule has 0 aliphatic rings. The summed E-state index contributed by atoms with van der Waals surface area (Å²) >= 11 is 0. The van der Waals surface area contributed by atoms with Crippen molar-refractivity contribution < 1.29 is 13.9 Å². The van der Waals surface area contributed by atoms with Gasteiger partial charge < -0.3 is 20.8 Å². The summed E-state index contributed by atoms with van der Waals surface area (Å²) in [7, 11) is 0. The first-order valence-electron chi connectivity index (χ1n) is 10.9. The quantitative estimate of drug-likeness (QED) is 0.374. The summed E-state index contributed by atoms with van der Waals surface area (Å²) in [6, 6.07) is 14.5. The van der Waals surface area contributed by atoms with Crippen LogP contribution in [0.3, 0.4) is 0 Å². The molecule has 2 aromatic carbocycles. The number of fused-ring (bicyclic) bond motifs is 1. The van der Waals surface area contributed by atoms with Crippen LogP contribution >= 0.6 is 0 Å². The molecule has 0 aliphatic carbocycles. The Kier molecular flexibility index (Phi) is 6.73. The number of pyridine rings is 2. The van der Waals surface area contributed by atoms with Crippen LogP contribution in [-0.4, -0.2) is 22.4 Å². The van der Waals surface area contributed by atoms with Gasteiger partial charge in [0.05, 0.1) is 28.5 Å². The van der Waals surface area contributed by atoms with Crippen LogP contribution in [0.25, 0.3) is 22.0 Å². The van der Waals surface area contributed by atoms with Crippen LogP contribution in [0, 0.1) is 17.1 Å². The summed E-state index contributed by atoms with van der Waals surface area (Å²) in [5.74, 6) is -0.722. The van der Waals surface area contributed by atoms with Crippen molar-refractivity contribution in [2.45, 2.75) is 20.0 Å². The van der Waals surface area contributed by atoms with Crippen LogP contribution in [-0.2, 0) is 6.61 Å². The Hall–Kier alpha value is -4.71. The first-order chi connectivity index (χ1) is 16.9. The number of aromatic amines is 1. The minimum Gasteiger partial charge on any atom is -0.487 e. The molecule has 8 nitrogen and oxygen atoms in total. The predicted octanol–water partition coefficient (Wildman–Crippen LogP) is 3.90. The number of carbonyl (C=O) groups excluding carboxylic acids is 1. The number of nitrogens with zero attached hydrogens (tertiary/aromatic N) is 2. The zero-order chi connectivity index (χ0) is 24.9. The molecule has 4 N–H and O–H groups in total. The molecule has 4 aromatic rings. The van der Waals surface area contributed by atoms with E-state index in [9.17, 15) is 14.0 Å². The number of aromatic nitrogens is 2. The van der Waals surface area contributed by atoms with E-state index in [0.717, 1.165) is 0 Å². The fourth-order valence-corrected chi connectivity index (χ4v) is 3.71. The Morgan fingerprint density at radius 3 is 2.83 bits per heavy atom. The van der Waals surface area contributed by atoms with Crippen molar-refractivity contribution in [1.29, 1.82) is 5.26 Å². The average Bonchev–Trinajstić information content (AvgIpc) is 2.87. The van der Waals surface area contributed by atoms with Gasteiger partial charge in [0.1, 0.15) is 23.7 Å². The summed E-state index contributed by atoms with van der Waals surface area (Å²) in [4.78, 5) is 32.1. The summed E-state index contributed by atoms with van der Waals surface area (Å²) < 4.78 is 20.7. The number of anilines is 1. The molecule has 0 atom stereocenters. The second-order valence-electron chi connectivity index (χ2n) is 7.80. The number of nitrogens with one attached hydrogen (secondary N) is 2. The van der Waals surface area contributed by atoms with Crippen LogP contribution < -0.4 is 21.3 Å². The van der Waals surface area contributed by atoms with Crippen molar-refractivity contribution in [1.82, 2.24) is 15.3 Å². The number of amides is 1. The number of hydrogen-bond acceptors (Lipinski definition) is 6. The highest BCUT2D eigenvalue weighted by atomic mass is 19.1. The molecule has 35 heavy (non-hydrogen) atoms. The summed E-state index contributed by atoms with van der Waals surface area (Å²) in [5.41, 5.74) is 7.29. The first-order valence-corrected chi connectivity index (χ1v) is 10.9. The Morgan fingerprint density at radius 1 is 1.23 bits per heavy atom. The second kappa shape index (κ2) is 10.1. The van der Waals surface area contributed by atoms with E-state index < -0.39 is 17.3 Å². The summed E-state index contributed by atoms with van der Waals surface area (Å²) in [5, 5.41) is 12.1. The number of benzene rings is 2. The van der Waals surface area contributed by atoms with Gasteiger partial charge in [0.25, 0.3) is 11.5 Å². The van der Waals surface area contributed by atoms with Gasteiger partial charge in [0.15, 0.2) is 0 Å². The van der Waals surface area contributed by atoms with Gasteiger partial charge in [-0.25, -0.2) is 4.39 Å². The molecule has 2 heterocycles. The van der Waals surface area contributed by atoms with Gasteiger partial charge in [-0.2, -0.15) is 5.26 Å². The van der Waals surface area contributed by atoms with E-state index in [2.05, 4.69) is 15.3 Å². The largest absolute Gasteiger partial charge is 0.487 e. The van der Waals surface area contributed by atoms with Crippen molar-refractivity contribution in [2.24, 2.45) is 0 Å². The Labute approximate surface area is 200 Å². The highest BCUT2D eigenvalue weighted by molar-refractivity contribution is 6.09. The minimum absolute atomic E-state index is 0.0236. The zero-order valence-corrected chi connectivity index (χ0v) is 18.9. The number of ether oxygens (including phenoxy) is 1. The number of nitriles is 1. The van der Waals surface area contributed by atoms with E-state index in [-0.39, 0.29) is 23.4 Å². The van der Waals surface area contributed by atoms with Gasteiger partial charge in [-0.1, -0.05) is 25.1 Å². The monoisotopic (exact) mass is 471 g/mol. The molecule has 0 fully saturated rings. The molecule has 0 spiro atoms. The number of nitrogens with two attached hydrogens (primary N) is 1. The van der Waals surface area contributed by atoms with Crippen molar-refractivity contribution >= 4 is 22.5 Å². The van der Waals surface area contributed by atoms with Crippen molar-refractivity contribution in [2.75, 3.05) is 12.3 Å². The van der Waals surface area contributed by atoms with Crippen molar-refractivity contribution in [3.8, 4) is 22.9 Å². The van der Waals surface area contributed by atoms with E-state index >= 15 is 0 Å². The maximum Gasteiger partial charge on any atom is 0.263 e. The van der Waals surface area contributed by atoms with Crippen molar-refractivity contribution in [3.05, 3.63) is 87.7 Å². The molecule has 0 unspecified atom stereocenters. The lowest BCUT2D eigenvalue weighted by Crippen LogP contribution is -2.31. The smallest absolute Gasteiger partial charge is 0.263 e. The summed E-state index contributed by atoms with van der Waals surface area (Å²) in [6.07, 6.45) is 2.22. The molecule has 4 rings (SSSR count). The number of H-pyrrole nitrogens is 1. The van der Waals surface area contributed by atoms with Crippen LogP contribution in [0.5, 0.6) is 5.75 Å². The molecular weight excluding hydrogens is 449 g/mol. The molecule has 0 aliphatic heterocycles. The topological polar surface area (TPSA) is 134 Å². The first kappa shape index (κ1) is 23.4. The molecule has 1 amide bonds. The molecule has 2 aromatic heterocycles. The lowest BCUT2D eigenvalue weighted by molar-refractivity contribution is 0.0953. The number of rotatable bonds is 7. The van der Waals surface area contributed by atoms with Gasteiger partial charge >= 0.3 is 0 Å². The van der Waals surface area contributed by atoms with E-state index in [0.29, 0.717) is 46.4 Å². The highest BCUT2D eigenvalue weighted by Crippen LogP contribution is 2.34. The van der Waals surface area contributed by atoms with Crippen LogP contribution in [0.15, 0.2) is 59.5 Å². The van der Waals surface area contributed by atoms with Gasteiger partial charge in [0, 0.05) is 29.3 Å². The number of halogens is 1. The number of nitrogen functional groups attached to an aromatic ring is 1. The van der Waals surface area contributed by atoms with E-state index in [4.69, 9.17) is 15.7 Å². The second-order valence-corrected chi connectivity index (χ2v) is 7.80. The third kappa shape index (κ3) is 4.82. The normalized spacial score (nSPS) is 10.7. The molecule has 0 saturated carbocycles. The van der Waals surface area contributed by atoms with E-state index in [1.54, 1.807) is 30.3 Å². The Balaban J connectivity index is 1.73. The number of para-hydroxylation sites is 1. The molecule has 176 valence electrons. The summed E-state index contributed by atoms with van der Waals surface area (Å²) in [6.45, 7) is 2.38. The lowest BCUT2D eigenvalue weighted by atomic mass is 9.99. The van der Waals surface area contributed by atoms with E-state index in [1.807, 2.05) is 13.0 Å². The highest BCUT2D eigenvalue weighted by Gasteiger charge is 2.20. The van der Waals surface area contributed by atoms with Gasteiger partial charge in [-0.3, -0.25) is 14.6 Å². The fraction of sp³-hybridized carbons (Fsp3) is 0.154.